The Morgan fingerprint density at radius 2 is 2.28 bits per heavy atom. The lowest BCUT2D eigenvalue weighted by Crippen LogP contribution is -2.54. The average molecular weight is 250 g/mol. The van der Waals surface area contributed by atoms with Crippen LogP contribution in [0.3, 0.4) is 0 Å². The van der Waals surface area contributed by atoms with Crippen LogP contribution in [-0.4, -0.2) is 41.7 Å². The van der Waals surface area contributed by atoms with Gasteiger partial charge in [-0.2, -0.15) is 0 Å². The molecule has 0 aliphatic carbocycles. The Hall–Kier alpha value is -1.36. The number of hydrogen-bond donors (Lipinski definition) is 1. The number of nitrogens with one attached hydrogen (secondary N) is 1. The first-order chi connectivity index (χ1) is 8.70. The SMILES string of the molecule is CCCOc1cc(N2CC(C)NCC2C)ncn1. The van der Waals surface area contributed by atoms with Crippen molar-refractivity contribution >= 4 is 5.82 Å². The summed E-state index contributed by atoms with van der Waals surface area (Å²) < 4.78 is 5.56. The van der Waals surface area contributed by atoms with Gasteiger partial charge in [0.25, 0.3) is 0 Å². The minimum atomic E-state index is 0.440. The minimum absolute atomic E-state index is 0.440. The van der Waals surface area contributed by atoms with E-state index >= 15 is 0 Å². The van der Waals surface area contributed by atoms with Gasteiger partial charge >= 0.3 is 0 Å². The van der Waals surface area contributed by atoms with Crippen molar-refractivity contribution in [2.24, 2.45) is 0 Å². The molecule has 2 unspecified atom stereocenters. The molecule has 5 nitrogen and oxygen atoms in total. The lowest BCUT2D eigenvalue weighted by atomic mass is 10.1. The van der Waals surface area contributed by atoms with Crippen LogP contribution in [0, 0.1) is 0 Å². The smallest absolute Gasteiger partial charge is 0.218 e. The first-order valence-corrected chi connectivity index (χ1v) is 6.65. The maximum absolute atomic E-state index is 5.56. The van der Waals surface area contributed by atoms with E-state index in [0.717, 1.165) is 25.3 Å². The van der Waals surface area contributed by atoms with E-state index in [1.54, 1.807) is 6.33 Å². The molecule has 1 fully saturated rings. The fraction of sp³-hybridized carbons (Fsp3) is 0.692. The number of ether oxygens (including phenoxy) is 1. The molecular formula is C13H22N4O. The zero-order chi connectivity index (χ0) is 13.0. The summed E-state index contributed by atoms with van der Waals surface area (Å²) in [5.41, 5.74) is 0. The molecule has 2 heterocycles. The highest BCUT2D eigenvalue weighted by Gasteiger charge is 2.23. The Labute approximate surface area is 109 Å². The van der Waals surface area contributed by atoms with E-state index in [9.17, 15) is 0 Å². The largest absolute Gasteiger partial charge is 0.478 e. The Morgan fingerprint density at radius 1 is 1.44 bits per heavy atom. The molecule has 1 aromatic heterocycles. The standard InChI is InChI=1S/C13H22N4O/c1-4-5-18-13-6-12(15-9-16-13)17-8-10(2)14-7-11(17)3/h6,9-11,14H,4-5,7-8H2,1-3H3. The molecule has 0 aromatic carbocycles. The number of piperazine rings is 1. The van der Waals surface area contributed by atoms with Gasteiger partial charge in [-0.3, -0.25) is 0 Å². The summed E-state index contributed by atoms with van der Waals surface area (Å²) in [6, 6.07) is 2.86. The Morgan fingerprint density at radius 3 is 3.06 bits per heavy atom. The third-order valence-corrected chi connectivity index (χ3v) is 3.14. The molecule has 18 heavy (non-hydrogen) atoms. The zero-order valence-electron chi connectivity index (χ0n) is 11.4. The van der Waals surface area contributed by atoms with Crippen LogP contribution in [0.1, 0.15) is 27.2 Å². The van der Waals surface area contributed by atoms with Crippen molar-refractivity contribution in [3.8, 4) is 5.88 Å². The maximum Gasteiger partial charge on any atom is 0.218 e. The van der Waals surface area contributed by atoms with Gasteiger partial charge in [-0.05, 0) is 20.3 Å². The van der Waals surface area contributed by atoms with Crippen molar-refractivity contribution < 1.29 is 4.74 Å². The summed E-state index contributed by atoms with van der Waals surface area (Å²) >= 11 is 0. The second-order valence-electron chi connectivity index (χ2n) is 4.87. The first-order valence-electron chi connectivity index (χ1n) is 6.65. The van der Waals surface area contributed by atoms with Gasteiger partial charge in [0.2, 0.25) is 5.88 Å². The van der Waals surface area contributed by atoms with Crippen LogP contribution in [0.5, 0.6) is 5.88 Å². The molecule has 0 saturated carbocycles. The highest BCUT2D eigenvalue weighted by atomic mass is 16.5. The lowest BCUT2D eigenvalue weighted by Gasteiger charge is -2.38. The van der Waals surface area contributed by atoms with E-state index in [-0.39, 0.29) is 0 Å². The second-order valence-corrected chi connectivity index (χ2v) is 4.87. The van der Waals surface area contributed by atoms with Crippen molar-refractivity contribution in [1.82, 2.24) is 15.3 Å². The van der Waals surface area contributed by atoms with E-state index < -0.39 is 0 Å². The van der Waals surface area contributed by atoms with Crippen molar-refractivity contribution in [1.29, 1.82) is 0 Å². The van der Waals surface area contributed by atoms with Gasteiger partial charge in [0.15, 0.2) is 0 Å². The average Bonchev–Trinajstić information content (AvgIpc) is 2.39. The molecule has 2 atom stereocenters. The molecule has 1 aliphatic heterocycles. The Kier molecular flexibility index (Phi) is 4.36. The van der Waals surface area contributed by atoms with Crippen LogP contribution >= 0.6 is 0 Å². The van der Waals surface area contributed by atoms with Crippen LogP contribution in [-0.2, 0) is 0 Å². The van der Waals surface area contributed by atoms with Crippen molar-refractivity contribution in [2.75, 3.05) is 24.6 Å². The summed E-state index contributed by atoms with van der Waals surface area (Å²) in [6.45, 7) is 9.12. The van der Waals surface area contributed by atoms with E-state index in [1.165, 1.54) is 0 Å². The predicted octanol–water partition coefficient (Wildman–Crippen LogP) is 1.45. The van der Waals surface area contributed by atoms with Gasteiger partial charge in [0.05, 0.1) is 6.61 Å². The van der Waals surface area contributed by atoms with Gasteiger partial charge in [0.1, 0.15) is 12.1 Å². The lowest BCUT2D eigenvalue weighted by molar-refractivity contribution is 0.304. The summed E-state index contributed by atoms with van der Waals surface area (Å²) in [5.74, 6) is 1.62. The zero-order valence-corrected chi connectivity index (χ0v) is 11.4. The fourth-order valence-corrected chi connectivity index (χ4v) is 2.11. The summed E-state index contributed by atoms with van der Waals surface area (Å²) in [7, 11) is 0. The highest BCUT2D eigenvalue weighted by molar-refractivity contribution is 5.42. The third kappa shape index (κ3) is 3.10. The monoisotopic (exact) mass is 250 g/mol. The maximum atomic E-state index is 5.56. The van der Waals surface area contributed by atoms with Crippen LogP contribution in [0.25, 0.3) is 0 Å². The fourth-order valence-electron chi connectivity index (χ4n) is 2.11. The van der Waals surface area contributed by atoms with Gasteiger partial charge in [0, 0.05) is 31.2 Å². The van der Waals surface area contributed by atoms with Crippen molar-refractivity contribution in [2.45, 2.75) is 39.3 Å². The van der Waals surface area contributed by atoms with Gasteiger partial charge in [-0.25, -0.2) is 9.97 Å². The quantitative estimate of drug-likeness (QED) is 0.876. The van der Waals surface area contributed by atoms with Crippen LogP contribution < -0.4 is 15.0 Å². The molecule has 1 N–H and O–H groups in total. The highest BCUT2D eigenvalue weighted by Crippen LogP contribution is 2.20. The number of anilines is 1. The van der Waals surface area contributed by atoms with Crippen molar-refractivity contribution in [3.05, 3.63) is 12.4 Å². The molecule has 2 rings (SSSR count). The third-order valence-electron chi connectivity index (χ3n) is 3.14. The van der Waals surface area contributed by atoms with E-state index in [4.69, 9.17) is 4.74 Å². The number of rotatable bonds is 4. The topological polar surface area (TPSA) is 50.3 Å². The molecule has 0 spiro atoms. The first kappa shape index (κ1) is 13.1. The number of hydrogen-bond acceptors (Lipinski definition) is 5. The predicted molar refractivity (Wildman–Crippen MR) is 72.1 cm³/mol. The molecule has 0 amide bonds. The molecule has 5 heteroatoms. The van der Waals surface area contributed by atoms with Crippen molar-refractivity contribution in [3.63, 3.8) is 0 Å². The second kappa shape index (κ2) is 6.00. The Bertz CT molecular complexity index is 385. The minimum Gasteiger partial charge on any atom is -0.478 e. The molecular weight excluding hydrogens is 228 g/mol. The molecule has 1 aromatic rings. The Balaban J connectivity index is 2.11. The molecule has 0 bridgehead atoms. The van der Waals surface area contributed by atoms with Gasteiger partial charge < -0.3 is 15.0 Å². The molecule has 1 aliphatic rings. The van der Waals surface area contributed by atoms with Crippen LogP contribution in [0.2, 0.25) is 0 Å². The number of nitrogens with zero attached hydrogens (tertiary/aromatic N) is 3. The number of aromatic nitrogens is 2. The summed E-state index contributed by atoms with van der Waals surface area (Å²) in [6.07, 6.45) is 2.57. The summed E-state index contributed by atoms with van der Waals surface area (Å²) in [5, 5.41) is 3.46. The van der Waals surface area contributed by atoms with E-state index in [0.29, 0.717) is 24.6 Å². The van der Waals surface area contributed by atoms with E-state index in [2.05, 4.69) is 41.0 Å². The molecule has 1 saturated heterocycles. The van der Waals surface area contributed by atoms with E-state index in [1.807, 2.05) is 6.07 Å². The molecule has 100 valence electrons. The molecule has 0 radical (unpaired) electrons. The van der Waals surface area contributed by atoms with Gasteiger partial charge in [-0.15, -0.1) is 0 Å². The van der Waals surface area contributed by atoms with Crippen LogP contribution in [0.4, 0.5) is 5.82 Å². The van der Waals surface area contributed by atoms with Crippen LogP contribution in [0.15, 0.2) is 12.4 Å². The normalized spacial score (nSPS) is 24.1. The van der Waals surface area contributed by atoms with Gasteiger partial charge in [-0.1, -0.05) is 6.92 Å². The summed E-state index contributed by atoms with van der Waals surface area (Å²) in [4.78, 5) is 10.8.